The lowest BCUT2D eigenvalue weighted by Crippen LogP contribution is -2.51. The van der Waals surface area contributed by atoms with Gasteiger partial charge in [-0.15, -0.1) is 0 Å². The van der Waals surface area contributed by atoms with Gasteiger partial charge in [-0.05, 0) is 42.2 Å². The fourth-order valence-corrected chi connectivity index (χ4v) is 5.56. The van der Waals surface area contributed by atoms with Crippen molar-refractivity contribution >= 4 is 11.6 Å². The highest BCUT2D eigenvalue weighted by Gasteiger charge is 2.49. The highest BCUT2D eigenvalue weighted by atomic mass is 19.1. The lowest BCUT2D eigenvalue weighted by atomic mass is 9.86. The first-order valence-corrected chi connectivity index (χ1v) is 9.87. The second-order valence-electron chi connectivity index (χ2n) is 8.29. The van der Waals surface area contributed by atoms with Crippen LogP contribution in [-0.4, -0.2) is 61.5 Å². The number of anilines is 1. The van der Waals surface area contributed by atoms with E-state index in [2.05, 4.69) is 17.1 Å². The molecule has 2 bridgehead atoms. The van der Waals surface area contributed by atoms with E-state index in [1.165, 1.54) is 12.5 Å². The van der Waals surface area contributed by atoms with E-state index >= 15 is 0 Å². The van der Waals surface area contributed by atoms with Gasteiger partial charge in [-0.1, -0.05) is 24.3 Å². The molecule has 5 heteroatoms. The number of carbonyl (C=O) groups excluding carboxylic acids is 1. The van der Waals surface area contributed by atoms with Crippen molar-refractivity contribution in [2.45, 2.75) is 6.42 Å². The van der Waals surface area contributed by atoms with E-state index < -0.39 is 0 Å². The van der Waals surface area contributed by atoms with Crippen LogP contribution >= 0.6 is 0 Å². The van der Waals surface area contributed by atoms with Gasteiger partial charge < -0.3 is 9.80 Å². The van der Waals surface area contributed by atoms with Crippen molar-refractivity contribution < 1.29 is 9.18 Å². The Labute approximate surface area is 154 Å². The third-order valence-corrected chi connectivity index (χ3v) is 6.92. The highest BCUT2D eigenvalue weighted by Crippen LogP contribution is 2.51. The maximum Gasteiger partial charge on any atom is 0.236 e. The van der Waals surface area contributed by atoms with Gasteiger partial charge in [0.2, 0.25) is 5.91 Å². The zero-order valence-electron chi connectivity index (χ0n) is 15.1. The van der Waals surface area contributed by atoms with Crippen molar-refractivity contribution in [2.75, 3.05) is 50.7 Å². The predicted octanol–water partition coefficient (Wildman–Crippen LogP) is 2.23. The summed E-state index contributed by atoms with van der Waals surface area (Å²) >= 11 is 0. The van der Waals surface area contributed by atoms with Crippen LogP contribution in [0.25, 0.3) is 0 Å². The molecule has 0 aromatic heterocycles. The second-order valence-corrected chi connectivity index (χ2v) is 8.29. The normalized spacial score (nSPS) is 33.1. The number of nitrogens with zero attached hydrogens (tertiary/aromatic N) is 3. The molecule has 138 valence electrons. The van der Waals surface area contributed by atoms with Crippen molar-refractivity contribution in [3.8, 4) is 0 Å². The Balaban J connectivity index is 1.14. The minimum Gasteiger partial charge on any atom is -0.366 e. The molecule has 2 saturated heterocycles. The van der Waals surface area contributed by atoms with Crippen molar-refractivity contribution in [1.82, 2.24) is 9.80 Å². The quantitative estimate of drug-likeness (QED) is 0.778. The topological polar surface area (TPSA) is 26.8 Å². The van der Waals surface area contributed by atoms with E-state index in [4.69, 9.17) is 0 Å². The predicted molar refractivity (Wildman–Crippen MR) is 99.4 cm³/mol. The van der Waals surface area contributed by atoms with E-state index in [0.29, 0.717) is 38.4 Å². The number of halogens is 1. The van der Waals surface area contributed by atoms with Crippen LogP contribution in [0.4, 0.5) is 10.1 Å². The summed E-state index contributed by atoms with van der Waals surface area (Å²) in [5, 5.41) is 0. The number of para-hydroxylation sites is 1. The van der Waals surface area contributed by atoms with E-state index in [1.54, 1.807) is 6.07 Å². The van der Waals surface area contributed by atoms with E-state index in [0.717, 1.165) is 36.8 Å². The molecular formula is C21H26FN3O. The van der Waals surface area contributed by atoms with Gasteiger partial charge in [0.05, 0.1) is 12.2 Å². The summed E-state index contributed by atoms with van der Waals surface area (Å²) in [5.41, 5.74) is 0.648. The fourth-order valence-electron chi connectivity index (χ4n) is 5.56. The number of benzene rings is 1. The molecule has 1 aromatic carbocycles. The third-order valence-electron chi connectivity index (χ3n) is 6.92. The summed E-state index contributed by atoms with van der Waals surface area (Å²) < 4.78 is 13.9. The molecular weight excluding hydrogens is 329 g/mol. The third kappa shape index (κ3) is 2.73. The average molecular weight is 355 g/mol. The van der Waals surface area contributed by atoms with Crippen LogP contribution in [0.2, 0.25) is 0 Å². The van der Waals surface area contributed by atoms with Gasteiger partial charge in [-0.25, -0.2) is 4.39 Å². The van der Waals surface area contributed by atoms with Crippen molar-refractivity contribution in [3.05, 3.63) is 42.2 Å². The second kappa shape index (κ2) is 6.38. The number of allylic oxidation sites excluding steroid dienone is 2. The minimum atomic E-state index is -0.181. The summed E-state index contributed by atoms with van der Waals surface area (Å²) in [7, 11) is 0. The van der Waals surface area contributed by atoms with Gasteiger partial charge >= 0.3 is 0 Å². The molecule has 26 heavy (non-hydrogen) atoms. The standard InChI is InChI=1S/C21H26FN3O/c22-19-3-1-2-4-20(19)24-7-9-25(10-8-24)21(26)14-23-12-17-15-5-6-16(11-15)18(17)13-23/h1-6,15-18H,7-14H2/t15?,16?,17-,18+. The minimum absolute atomic E-state index is 0.181. The average Bonchev–Trinajstić information content (AvgIpc) is 3.35. The first kappa shape index (κ1) is 16.3. The molecule has 2 heterocycles. The van der Waals surface area contributed by atoms with Crippen LogP contribution in [0.3, 0.4) is 0 Å². The highest BCUT2D eigenvalue weighted by molar-refractivity contribution is 5.78. The summed E-state index contributed by atoms with van der Waals surface area (Å²) in [4.78, 5) is 19.1. The first-order valence-electron chi connectivity index (χ1n) is 9.87. The number of hydrogen-bond acceptors (Lipinski definition) is 3. The maximum absolute atomic E-state index is 13.9. The largest absolute Gasteiger partial charge is 0.366 e. The lowest BCUT2D eigenvalue weighted by Gasteiger charge is -2.37. The summed E-state index contributed by atoms with van der Waals surface area (Å²) in [6.07, 6.45) is 6.15. The molecule has 0 spiro atoms. The number of hydrogen-bond donors (Lipinski definition) is 0. The van der Waals surface area contributed by atoms with Crippen molar-refractivity contribution in [3.63, 3.8) is 0 Å². The van der Waals surface area contributed by atoms with Crippen LogP contribution in [0.1, 0.15) is 6.42 Å². The molecule has 3 fully saturated rings. The van der Waals surface area contributed by atoms with Crippen LogP contribution < -0.4 is 4.90 Å². The summed E-state index contributed by atoms with van der Waals surface area (Å²) in [5.74, 6) is 3.12. The number of amides is 1. The van der Waals surface area contributed by atoms with E-state index in [1.807, 2.05) is 21.9 Å². The van der Waals surface area contributed by atoms with Gasteiger partial charge in [0.15, 0.2) is 0 Å². The van der Waals surface area contributed by atoms with Crippen LogP contribution in [0.15, 0.2) is 36.4 Å². The molecule has 4 aliphatic rings. The van der Waals surface area contributed by atoms with Crippen molar-refractivity contribution in [1.29, 1.82) is 0 Å². The molecule has 4 nitrogen and oxygen atoms in total. The Bertz CT molecular complexity index is 708. The van der Waals surface area contributed by atoms with Crippen LogP contribution in [-0.2, 0) is 4.79 Å². The zero-order valence-corrected chi connectivity index (χ0v) is 15.1. The molecule has 2 aliphatic heterocycles. The van der Waals surface area contributed by atoms with Gasteiger partial charge in [0.1, 0.15) is 5.82 Å². The van der Waals surface area contributed by atoms with Gasteiger partial charge in [0, 0.05) is 39.3 Å². The molecule has 1 aromatic rings. The lowest BCUT2D eigenvalue weighted by molar-refractivity contribution is -0.132. The Kier molecular flexibility index (Phi) is 4.00. The van der Waals surface area contributed by atoms with E-state index in [9.17, 15) is 9.18 Å². The van der Waals surface area contributed by atoms with Gasteiger partial charge in [-0.2, -0.15) is 0 Å². The molecule has 5 rings (SSSR count). The fraction of sp³-hybridized carbons (Fsp3) is 0.571. The van der Waals surface area contributed by atoms with Crippen molar-refractivity contribution in [2.24, 2.45) is 23.7 Å². The number of piperazine rings is 1. The maximum atomic E-state index is 13.9. The zero-order chi connectivity index (χ0) is 17.7. The van der Waals surface area contributed by atoms with Crippen LogP contribution in [0, 0.1) is 29.5 Å². The van der Waals surface area contributed by atoms with Gasteiger partial charge in [0.25, 0.3) is 0 Å². The van der Waals surface area contributed by atoms with E-state index in [-0.39, 0.29) is 11.7 Å². The molecule has 1 saturated carbocycles. The van der Waals surface area contributed by atoms with Gasteiger partial charge in [-0.3, -0.25) is 9.69 Å². The SMILES string of the molecule is O=C(CN1C[C@@H]2C3C=CC(C3)[C@@H]2C1)N1CCN(c2ccccc2F)CC1. The number of likely N-dealkylation sites (tertiary alicyclic amines) is 1. The van der Waals surface area contributed by atoms with Crippen LogP contribution in [0.5, 0.6) is 0 Å². The molecule has 0 radical (unpaired) electrons. The Morgan fingerprint density at radius 1 is 1.00 bits per heavy atom. The summed E-state index contributed by atoms with van der Waals surface area (Å²) in [6.45, 7) is 5.47. The smallest absolute Gasteiger partial charge is 0.236 e. The molecule has 2 aliphatic carbocycles. The monoisotopic (exact) mass is 355 g/mol. The molecule has 1 amide bonds. The molecule has 2 unspecified atom stereocenters. The summed E-state index contributed by atoms with van der Waals surface area (Å²) in [6, 6.07) is 6.89. The number of rotatable bonds is 3. The Morgan fingerprint density at radius 3 is 2.31 bits per heavy atom. The Morgan fingerprint density at radius 2 is 1.65 bits per heavy atom. The molecule has 0 N–H and O–H groups in total. The molecule has 4 atom stereocenters. The number of carbonyl (C=O) groups is 1. The number of fused-ring (bicyclic) bond motifs is 5. The Hall–Kier alpha value is -1.88. The first-order chi connectivity index (χ1) is 12.7.